The van der Waals surface area contributed by atoms with E-state index in [1.54, 1.807) is 7.11 Å². The Hall–Kier alpha value is -2.92. The molecule has 0 aliphatic rings. The van der Waals surface area contributed by atoms with Crippen LogP contribution in [0, 0.1) is 13.8 Å². The van der Waals surface area contributed by atoms with Gasteiger partial charge in [-0.25, -0.2) is 0 Å². The maximum absolute atomic E-state index is 13.3. The molecule has 0 aliphatic carbocycles. The molecule has 0 aliphatic heterocycles. The average molecular weight is 419 g/mol. The third-order valence-electron chi connectivity index (χ3n) is 5.39. The summed E-state index contributed by atoms with van der Waals surface area (Å²) in [6.07, 6.45) is 1.95. The number of hydrogen-bond acceptors (Lipinski definition) is 4. The number of anilines is 1. The molecular formula is C25H26N2O2S. The third-order valence-corrected chi connectivity index (χ3v) is 6.24. The second kappa shape index (κ2) is 8.44. The number of ketones is 1. The first-order valence-electron chi connectivity index (χ1n) is 9.95. The molecule has 4 aromatic rings. The van der Waals surface area contributed by atoms with Crippen LogP contribution in [0.1, 0.15) is 11.1 Å². The SMILES string of the molecule is COc1cccc(NC(SC)C(=O)Cn2c3ccc(C)cc3c3cc(C)ccc32)c1. The van der Waals surface area contributed by atoms with Crippen LogP contribution in [-0.4, -0.2) is 29.1 Å². The summed E-state index contributed by atoms with van der Waals surface area (Å²) in [6, 6.07) is 20.5. The number of thioether (sulfide) groups is 1. The number of carbonyl (C=O) groups excluding carboxylic acids is 1. The number of methoxy groups -OCH3 is 1. The summed E-state index contributed by atoms with van der Waals surface area (Å²) < 4.78 is 7.44. The Balaban J connectivity index is 1.69. The predicted octanol–water partition coefficient (Wildman–Crippen LogP) is 5.79. The lowest BCUT2D eigenvalue weighted by molar-refractivity contribution is -0.118. The van der Waals surface area contributed by atoms with Crippen molar-refractivity contribution in [3.05, 3.63) is 71.8 Å². The molecule has 30 heavy (non-hydrogen) atoms. The summed E-state index contributed by atoms with van der Waals surface area (Å²) in [5.74, 6) is 0.894. The maximum Gasteiger partial charge on any atom is 0.184 e. The maximum atomic E-state index is 13.3. The number of carbonyl (C=O) groups is 1. The first-order chi connectivity index (χ1) is 14.5. The highest BCUT2D eigenvalue weighted by atomic mass is 32.2. The molecule has 1 heterocycles. The van der Waals surface area contributed by atoms with Gasteiger partial charge >= 0.3 is 0 Å². The Morgan fingerprint density at radius 2 is 1.63 bits per heavy atom. The number of aromatic nitrogens is 1. The van der Waals surface area contributed by atoms with Crippen molar-refractivity contribution in [3.8, 4) is 5.75 Å². The van der Waals surface area contributed by atoms with Crippen molar-refractivity contribution in [2.45, 2.75) is 25.8 Å². The lowest BCUT2D eigenvalue weighted by Gasteiger charge is -2.18. The summed E-state index contributed by atoms with van der Waals surface area (Å²) in [4.78, 5) is 13.3. The molecule has 0 saturated heterocycles. The fourth-order valence-corrected chi connectivity index (χ4v) is 4.47. The van der Waals surface area contributed by atoms with E-state index in [2.05, 4.69) is 60.1 Å². The van der Waals surface area contributed by atoms with Gasteiger partial charge in [-0.05, 0) is 56.5 Å². The Morgan fingerprint density at radius 1 is 1.00 bits per heavy atom. The fourth-order valence-electron chi connectivity index (χ4n) is 3.88. The minimum Gasteiger partial charge on any atom is -0.497 e. The Kier molecular flexibility index (Phi) is 5.73. The van der Waals surface area contributed by atoms with E-state index in [9.17, 15) is 4.79 Å². The zero-order valence-electron chi connectivity index (χ0n) is 17.7. The highest BCUT2D eigenvalue weighted by molar-refractivity contribution is 8.00. The molecule has 1 N–H and O–H groups in total. The van der Waals surface area contributed by atoms with Crippen LogP contribution in [0.5, 0.6) is 5.75 Å². The Labute approximate surface area is 181 Å². The van der Waals surface area contributed by atoms with Gasteiger partial charge in [0.15, 0.2) is 5.78 Å². The second-order valence-electron chi connectivity index (χ2n) is 7.59. The summed E-state index contributed by atoms with van der Waals surface area (Å²) in [5, 5.41) is 5.40. The van der Waals surface area contributed by atoms with Crippen molar-refractivity contribution in [1.29, 1.82) is 0 Å². The zero-order valence-corrected chi connectivity index (χ0v) is 18.5. The topological polar surface area (TPSA) is 43.3 Å². The van der Waals surface area contributed by atoms with Gasteiger partial charge in [-0.3, -0.25) is 4.79 Å². The van der Waals surface area contributed by atoms with Crippen LogP contribution >= 0.6 is 11.8 Å². The summed E-state index contributed by atoms with van der Waals surface area (Å²) in [7, 11) is 1.64. The molecule has 1 aromatic heterocycles. The fraction of sp³-hybridized carbons (Fsp3) is 0.240. The van der Waals surface area contributed by atoms with Crippen molar-refractivity contribution in [2.24, 2.45) is 0 Å². The van der Waals surface area contributed by atoms with E-state index < -0.39 is 0 Å². The number of hydrogen-bond donors (Lipinski definition) is 1. The van der Waals surface area contributed by atoms with Crippen molar-refractivity contribution in [2.75, 3.05) is 18.7 Å². The number of nitrogens with one attached hydrogen (secondary N) is 1. The zero-order chi connectivity index (χ0) is 21.3. The molecule has 4 nitrogen and oxygen atoms in total. The van der Waals surface area contributed by atoms with Crippen LogP contribution in [-0.2, 0) is 11.3 Å². The molecular weight excluding hydrogens is 392 g/mol. The van der Waals surface area contributed by atoms with E-state index >= 15 is 0 Å². The lowest BCUT2D eigenvalue weighted by Crippen LogP contribution is -2.29. The van der Waals surface area contributed by atoms with Crippen LogP contribution in [0.4, 0.5) is 5.69 Å². The Morgan fingerprint density at radius 3 is 2.20 bits per heavy atom. The smallest absolute Gasteiger partial charge is 0.184 e. The molecule has 0 bridgehead atoms. The summed E-state index contributed by atoms with van der Waals surface area (Å²) >= 11 is 1.51. The number of ether oxygens (including phenoxy) is 1. The largest absolute Gasteiger partial charge is 0.497 e. The van der Waals surface area contributed by atoms with E-state index in [4.69, 9.17) is 4.74 Å². The first kappa shape index (κ1) is 20.4. The predicted molar refractivity (Wildman–Crippen MR) is 128 cm³/mol. The highest BCUT2D eigenvalue weighted by Gasteiger charge is 2.20. The van der Waals surface area contributed by atoms with Crippen molar-refractivity contribution in [3.63, 3.8) is 0 Å². The molecule has 0 radical (unpaired) electrons. The minimum atomic E-state index is -0.347. The van der Waals surface area contributed by atoms with Crippen molar-refractivity contribution < 1.29 is 9.53 Å². The van der Waals surface area contributed by atoms with Gasteiger partial charge in [0.05, 0.1) is 13.7 Å². The number of nitrogens with zero attached hydrogens (tertiary/aromatic N) is 1. The monoisotopic (exact) mass is 418 g/mol. The quantitative estimate of drug-likeness (QED) is 0.386. The van der Waals surface area contributed by atoms with Crippen LogP contribution in [0.2, 0.25) is 0 Å². The van der Waals surface area contributed by atoms with Gasteiger partial charge in [-0.15, -0.1) is 11.8 Å². The minimum absolute atomic E-state index is 0.130. The lowest BCUT2D eigenvalue weighted by atomic mass is 10.1. The van der Waals surface area contributed by atoms with Crippen molar-refractivity contribution in [1.82, 2.24) is 4.57 Å². The molecule has 0 amide bonds. The van der Waals surface area contributed by atoms with Crippen LogP contribution in [0.25, 0.3) is 21.8 Å². The number of aryl methyl sites for hydroxylation is 2. The van der Waals surface area contributed by atoms with E-state index in [-0.39, 0.29) is 11.2 Å². The molecule has 1 unspecified atom stereocenters. The van der Waals surface area contributed by atoms with Crippen molar-refractivity contribution >= 4 is 45.0 Å². The second-order valence-corrected chi connectivity index (χ2v) is 8.53. The van der Waals surface area contributed by atoms with Gasteiger partial charge in [0.2, 0.25) is 0 Å². The number of Topliss-reactive ketones (excluding diaryl/α,β-unsaturated/α-hetero) is 1. The standard InChI is InChI=1S/C25H26N2O2S/c1-16-8-10-22-20(12-16)21-13-17(2)9-11-23(21)27(22)15-24(28)25(30-4)26-18-6-5-7-19(14-18)29-3/h5-14,25-26H,15H2,1-4H3. The van der Waals surface area contributed by atoms with E-state index in [0.717, 1.165) is 22.5 Å². The molecule has 0 saturated carbocycles. The third kappa shape index (κ3) is 3.90. The first-order valence-corrected chi connectivity index (χ1v) is 11.2. The molecule has 0 fully saturated rings. The number of benzene rings is 3. The molecule has 154 valence electrons. The van der Waals surface area contributed by atoms with E-state index in [1.807, 2.05) is 30.5 Å². The van der Waals surface area contributed by atoms with Crippen LogP contribution < -0.4 is 10.1 Å². The Bertz CT molecular complexity index is 1170. The van der Waals surface area contributed by atoms with Crippen LogP contribution in [0.15, 0.2) is 60.7 Å². The molecule has 3 aromatic carbocycles. The van der Waals surface area contributed by atoms with Gasteiger partial charge in [0.25, 0.3) is 0 Å². The van der Waals surface area contributed by atoms with Gasteiger partial charge in [-0.1, -0.05) is 29.3 Å². The van der Waals surface area contributed by atoms with Gasteiger partial charge < -0.3 is 14.6 Å². The molecule has 5 heteroatoms. The van der Waals surface area contributed by atoms with E-state index in [1.165, 1.54) is 33.7 Å². The molecule has 0 spiro atoms. The molecule has 4 rings (SSSR count). The average Bonchev–Trinajstić information content (AvgIpc) is 3.04. The van der Waals surface area contributed by atoms with Gasteiger partial charge in [-0.2, -0.15) is 0 Å². The summed E-state index contributed by atoms with van der Waals surface area (Å²) in [6.45, 7) is 4.52. The molecule has 1 atom stereocenters. The van der Waals surface area contributed by atoms with Crippen LogP contribution in [0.3, 0.4) is 0 Å². The van der Waals surface area contributed by atoms with Gasteiger partial charge in [0.1, 0.15) is 11.1 Å². The summed E-state index contributed by atoms with van der Waals surface area (Å²) in [5.41, 5.74) is 5.49. The van der Waals surface area contributed by atoms with Gasteiger partial charge in [0, 0.05) is 33.6 Å². The highest BCUT2D eigenvalue weighted by Crippen LogP contribution is 2.31. The normalized spacial score (nSPS) is 12.3. The number of fused-ring (bicyclic) bond motifs is 3. The van der Waals surface area contributed by atoms with E-state index in [0.29, 0.717) is 6.54 Å². The number of rotatable bonds is 7.